The molecule has 0 spiro atoms. The molecule has 140 valence electrons. The first-order valence-electron chi connectivity index (χ1n) is 8.82. The van der Waals surface area contributed by atoms with Crippen molar-refractivity contribution < 1.29 is 9.47 Å². The summed E-state index contributed by atoms with van der Waals surface area (Å²) >= 11 is 3.53. The van der Waals surface area contributed by atoms with Crippen LogP contribution in [0.25, 0.3) is 0 Å². The summed E-state index contributed by atoms with van der Waals surface area (Å²) in [5, 5.41) is 3.37. The summed E-state index contributed by atoms with van der Waals surface area (Å²) in [5.74, 6) is 3.91. The van der Waals surface area contributed by atoms with Gasteiger partial charge in [-0.2, -0.15) is 0 Å². The van der Waals surface area contributed by atoms with Crippen LogP contribution in [0.1, 0.15) is 25.3 Å². The highest BCUT2D eigenvalue weighted by Crippen LogP contribution is 2.36. The summed E-state index contributed by atoms with van der Waals surface area (Å²) in [6.07, 6.45) is 4.13. The van der Waals surface area contributed by atoms with Crippen LogP contribution in [0.4, 0.5) is 11.6 Å². The van der Waals surface area contributed by atoms with E-state index in [0.717, 1.165) is 34.8 Å². The molecule has 2 aromatic rings. The number of piperidine rings is 1. The smallest absolute Gasteiger partial charge is 0.174 e. The van der Waals surface area contributed by atoms with E-state index in [-0.39, 0.29) is 0 Å². The molecule has 3 rings (SSSR count). The predicted molar refractivity (Wildman–Crippen MR) is 107 cm³/mol. The molecule has 0 saturated carbocycles. The van der Waals surface area contributed by atoms with Crippen LogP contribution in [0.3, 0.4) is 0 Å². The van der Waals surface area contributed by atoms with Crippen LogP contribution >= 0.6 is 15.9 Å². The molecule has 0 radical (unpaired) electrons. The lowest BCUT2D eigenvalue weighted by molar-refractivity contribution is 0.352. The third-order valence-corrected chi connectivity index (χ3v) is 5.19. The van der Waals surface area contributed by atoms with Gasteiger partial charge in [-0.15, -0.1) is 0 Å². The summed E-state index contributed by atoms with van der Waals surface area (Å²) in [6, 6.07) is 6.00. The number of halogens is 1. The van der Waals surface area contributed by atoms with Gasteiger partial charge in [0.25, 0.3) is 0 Å². The van der Waals surface area contributed by atoms with E-state index in [9.17, 15) is 0 Å². The van der Waals surface area contributed by atoms with Crippen LogP contribution in [0.2, 0.25) is 0 Å². The van der Waals surface area contributed by atoms with Crippen LogP contribution in [0.5, 0.6) is 11.5 Å². The molecule has 1 aliphatic rings. The second-order valence-electron chi connectivity index (χ2n) is 6.62. The molecular weight excluding hydrogens is 396 g/mol. The van der Waals surface area contributed by atoms with Crippen molar-refractivity contribution in [1.82, 2.24) is 9.97 Å². The van der Waals surface area contributed by atoms with Crippen molar-refractivity contribution in [2.75, 3.05) is 37.5 Å². The van der Waals surface area contributed by atoms with Crippen LogP contribution in [-0.4, -0.2) is 37.3 Å². The summed E-state index contributed by atoms with van der Waals surface area (Å²) in [5.41, 5.74) is 1.07. The van der Waals surface area contributed by atoms with Crippen molar-refractivity contribution in [3.05, 3.63) is 34.6 Å². The van der Waals surface area contributed by atoms with Gasteiger partial charge in [0.15, 0.2) is 11.5 Å². The van der Waals surface area contributed by atoms with Crippen LogP contribution in [0, 0.1) is 5.92 Å². The maximum atomic E-state index is 5.40. The zero-order chi connectivity index (χ0) is 18.5. The van der Waals surface area contributed by atoms with E-state index in [4.69, 9.17) is 9.47 Å². The maximum absolute atomic E-state index is 5.40. The molecule has 1 atom stereocenters. The highest BCUT2D eigenvalue weighted by Gasteiger charge is 2.18. The molecule has 6 nitrogen and oxygen atoms in total. The van der Waals surface area contributed by atoms with Crippen LogP contribution in [0.15, 0.2) is 29.0 Å². The quantitative estimate of drug-likeness (QED) is 0.758. The number of ether oxygens (including phenoxy) is 2. The largest absolute Gasteiger partial charge is 0.493 e. The summed E-state index contributed by atoms with van der Waals surface area (Å²) in [4.78, 5) is 11.1. The molecule has 1 unspecified atom stereocenters. The lowest BCUT2D eigenvalue weighted by Gasteiger charge is -2.31. The Labute approximate surface area is 163 Å². The Kier molecular flexibility index (Phi) is 6.19. The first kappa shape index (κ1) is 18.8. The Morgan fingerprint density at radius 3 is 2.81 bits per heavy atom. The number of hydrogen-bond donors (Lipinski definition) is 1. The molecule has 7 heteroatoms. The summed E-state index contributed by atoms with van der Waals surface area (Å²) in [6.45, 7) is 5.04. The average Bonchev–Trinajstić information content (AvgIpc) is 2.66. The Bertz CT molecular complexity index is 756. The van der Waals surface area contributed by atoms with Crippen molar-refractivity contribution in [2.24, 2.45) is 5.92 Å². The fourth-order valence-corrected chi connectivity index (χ4v) is 3.93. The van der Waals surface area contributed by atoms with Gasteiger partial charge in [-0.1, -0.05) is 6.92 Å². The fraction of sp³-hybridized carbons (Fsp3) is 0.474. The lowest BCUT2D eigenvalue weighted by Crippen LogP contribution is -2.34. The molecule has 1 N–H and O–H groups in total. The van der Waals surface area contributed by atoms with Gasteiger partial charge in [0.05, 0.1) is 18.7 Å². The van der Waals surface area contributed by atoms with Gasteiger partial charge in [-0.05, 0) is 52.4 Å². The molecule has 0 aliphatic carbocycles. The summed E-state index contributed by atoms with van der Waals surface area (Å²) in [7, 11) is 3.27. The van der Waals surface area contributed by atoms with E-state index in [1.807, 2.05) is 18.2 Å². The molecule has 26 heavy (non-hydrogen) atoms. The number of benzene rings is 1. The van der Waals surface area contributed by atoms with Crippen molar-refractivity contribution in [3.63, 3.8) is 0 Å². The molecule has 2 heterocycles. The second-order valence-corrected chi connectivity index (χ2v) is 7.48. The van der Waals surface area contributed by atoms with Gasteiger partial charge in [-0.25, -0.2) is 9.97 Å². The van der Waals surface area contributed by atoms with Gasteiger partial charge in [0, 0.05) is 25.7 Å². The Balaban J connectivity index is 1.70. The Morgan fingerprint density at radius 2 is 2.08 bits per heavy atom. The number of aromatic nitrogens is 2. The van der Waals surface area contributed by atoms with E-state index < -0.39 is 0 Å². The molecule has 0 bridgehead atoms. The number of methoxy groups -OCH3 is 2. The molecule has 1 fully saturated rings. The molecule has 0 amide bonds. The minimum Gasteiger partial charge on any atom is -0.493 e. The highest BCUT2D eigenvalue weighted by molar-refractivity contribution is 9.10. The van der Waals surface area contributed by atoms with Crippen molar-refractivity contribution in [3.8, 4) is 11.5 Å². The first-order chi connectivity index (χ1) is 12.6. The second kappa shape index (κ2) is 8.58. The highest BCUT2D eigenvalue weighted by atomic mass is 79.9. The standard InChI is InChI=1S/C19H25BrN4O2/c1-13-5-4-6-24(11-13)18-9-17(22-12-23-18)21-10-14-7-15(20)19(26-3)16(8-14)25-2/h7-9,12-13H,4-6,10-11H2,1-3H3,(H,21,22,23). The minimum atomic E-state index is 0.631. The van der Waals surface area contributed by atoms with E-state index >= 15 is 0 Å². The number of nitrogens with zero attached hydrogens (tertiary/aromatic N) is 3. The number of hydrogen-bond acceptors (Lipinski definition) is 6. The average molecular weight is 421 g/mol. The monoisotopic (exact) mass is 420 g/mol. The zero-order valence-electron chi connectivity index (χ0n) is 15.5. The molecule has 1 saturated heterocycles. The topological polar surface area (TPSA) is 59.5 Å². The van der Waals surface area contributed by atoms with E-state index in [1.165, 1.54) is 12.8 Å². The molecule has 1 aromatic carbocycles. The lowest BCUT2D eigenvalue weighted by atomic mass is 10.0. The zero-order valence-corrected chi connectivity index (χ0v) is 17.0. The normalized spacial score (nSPS) is 17.1. The van der Waals surface area contributed by atoms with Gasteiger partial charge >= 0.3 is 0 Å². The third kappa shape index (κ3) is 4.38. The number of nitrogens with one attached hydrogen (secondary N) is 1. The van der Waals surface area contributed by atoms with Crippen molar-refractivity contribution in [2.45, 2.75) is 26.3 Å². The molecular formula is C19H25BrN4O2. The third-order valence-electron chi connectivity index (χ3n) is 4.60. The fourth-order valence-electron chi connectivity index (χ4n) is 3.28. The van der Waals surface area contributed by atoms with Crippen molar-refractivity contribution in [1.29, 1.82) is 0 Å². The first-order valence-corrected chi connectivity index (χ1v) is 9.61. The van der Waals surface area contributed by atoms with Gasteiger partial charge in [0.1, 0.15) is 18.0 Å². The van der Waals surface area contributed by atoms with Gasteiger partial charge in [0.2, 0.25) is 0 Å². The van der Waals surface area contributed by atoms with Gasteiger partial charge < -0.3 is 19.7 Å². The predicted octanol–water partition coefficient (Wildman–Crippen LogP) is 4.10. The SMILES string of the molecule is COc1cc(CNc2cc(N3CCCC(C)C3)ncn2)cc(Br)c1OC. The van der Waals surface area contributed by atoms with Crippen LogP contribution in [-0.2, 0) is 6.54 Å². The van der Waals surface area contributed by atoms with Crippen LogP contribution < -0.4 is 19.7 Å². The molecule has 1 aliphatic heterocycles. The number of rotatable bonds is 6. The van der Waals surface area contributed by atoms with Gasteiger partial charge in [-0.3, -0.25) is 0 Å². The van der Waals surface area contributed by atoms with E-state index in [1.54, 1.807) is 20.5 Å². The Morgan fingerprint density at radius 1 is 1.23 bits per heavy atom. The maximum Gasteiger partial charge on any atom is 0.174 e. The minimum absolute atomic E-state index is 0.631. The summed E-state index contributed by atoms with van der Waals surface area (Å²) < 4.78 is 11.6. The Hall–Kier alpha value is -2.02. The van der Waals surface area contributed by atoms with E-state index in [2.05, 4.69) is 43.0 Å². The van der Waals surface area contributed by atoms with Crippen molar-refractivity contribution >= 4 is 27.6 Å². The van der Waals surface area contributed by atoms with E-state index in [0.29, 0.717) is 24.0 Å². The number of anilines is 2. The molecule has 1 aromatic heterocycles.